The molecule has 4 heteroatoms. The van der Waals surface area contributed by atoms with Gasteiger partial charge in [0.15, 0.2) is 0 Å². The van der Waals surface area contributed by atoms with Crippen molar-refractivity contribution in [1.82, 2.24) is 4.98 Å². The molecule has 2 nitrogen and oxygen atoms in total. The molecule has 0 fully saturated rings. The van der Waals surface area contributed by atoms with Crippen LogP contribution in [0.15, 0.2) is 41.0 Å². The van der Waals surface area contributed by atoms with Crippen LogP contribution in [0.5, 0.6) is 0 Å². The third-order valence-corrected chi connectivity index (χ3v) is 3.36. The van der Waals surface area contributed by atoms with E-state index in [9.17, 15) is 9.50 Å². The summed E-state index contributed by atoms with van der Waals surface area (Å²) in [5.41, 5.74) is 2.01. The fourth-order valence-electron chi connectivity index (χ4n) is 1.55. The van der Waals surface area contributed by atoms with E-state index in [1.165, 1.54) is 6.07 Å². The number of pyridine rings is 1. The van der Waals surface area contributed by atoms with Crippen molar-refractivity contribution >= 4 is 15.9 Å². The average Bonchev–Trinajstić information content (AvgIpc) is 2.33. The molecule has 0 aliphatic rings. The Balaban J connectivity index is 2.40. The summed E-state index contributed by atoms with van der Waals surface area (Å²) >= 11 is 3.14. The zero-order valence-electron chi connectivity index (χ0n) is 9.19. The van der Waals surface area contributed by atoms with E-state index in [2.05, 4.69) is 20.9 Å². The molecule has 1 heterocycles. The Morgan fingerprint density at radius 2 is 2.06 bits per heavy atom. The number of halogens is 2. The zero-order chi connectivity index (χ0) is 12.4. The Bertz CT molecular complexity index is 527. The SMILES string of the molecule is Cc1ccc(C(O)c2cccc(F)c2Br)cn1. The highest BCUT2D eigenvalue weighted by molar-refractivity contribution is 9.10. The van der Waals surface area contributed by atoms with Crippen LogP contribution >= 0.6 is 15.9 Å². The molecule has 17 heavy (non-hydrogen) atoms. The van der Waals surface area contributed by atoms with Gasteiger partial charge in [-0.25, -0.2) is 4.39 Å². The summed E-state index contributed by atoms with van der Waals surface area (Å²) in [6.07, 6.45) is 0.713. The number of nitrogens with zero attached hydrogens (tertiary/aromatic N) is 1. The van der Waals surface area contributed by atoms with Gasteiger partial charge in [-0.3, -0.25) is 4.98 Å². The van der Waals surface area contributed by atoms with Gasteiger partial charge in [0.05, 0.1) is 4.47 Å². The summed E-state index contributed by atoms with van der Waals surface area (Å²) in [6.45, 7) is 1.87. The van der Waals surface area contributed by atoms with Crippen LogP contribution in [0.25, 0.3) is 0 Å². The second-order valence-corrected chi connectivity index (χ2v) is 4.57. The van der Waals surface area contributed by atoms with Crippen molar-refractivity contribution in [3.05, 3.63) is 63.6 Å². The lowest BCUT2D eigenvalue weighted by atomic mass is 10.0. The van der Waals surface area contributed by atoms with Gasteiger partial charge in [0.2, 0.25) is 0 Å². The molecule has 2 rings (SSSR count). The first-order valence-corrected chi connectivity index (χ1v) is 5.93. The van der Waals surface area contributed by atoms with Crippen LogP contribution in [0.2, 0.25) is 0 Å². The Labute approximate surface area is 107 Å². The molecular formula is C13H11BrFNO. The minimum Gasteiger partial charge on any atom is -0.384 e. The highest BCUT2D eigenvalue weighted by atomic mass is 79.9. The number of aliphatic hydroxyl groups excluding tert-OH is 1. The van der Waals surface area contributed by atoms with E-state index in [-0.39, 0.29) is 10.3 Å². The van der Waals surface area contributed by atoms with Gasteiger partial charge in [-0.05, 0) is 35.0 Å². The maximum atomic E-state index is 13.3. The number of aryl methyl sites for hydroxylation is 1. The number of rotatable bonds is 2. The first-order chi connectivity index (χ1) is 8.09. The fraction of sp³-hybridized carbons (Fsp3) is 0.154. The van der Waals surface area contributed by atoms with Crippen LogP contribution in [-0.4, -0.2) is 10.1 Å². The normalized spacial score (nSPS) is 12.5. The van der Waals surface area contributed by atoms with E-state index in [0.29, 0.717) is 11.1 Å². The summed E-state index contributed by atoms with van der Waals surface area (Å²) in [5.74, 6) is -0.387. The van der Waals surface area contributed by atoms with E-state index in [1.807, 2.05) is 13.0 Å². The predicted octanol–water partition coefficient (Wildman–Crippen LogP) is 3.37. The third-order valence-electron chi connectivity index (χ3n) is 2.53. The van der Waals surface area contributed by atoms with E-state index in [4.69, 9.17) is 0 Å². The van der Waals surface area contributed by atoms with Crippen molar-refractivity contribution in [2.24, 2.45) is 0 Å². The first kappa shape index (κ1) is 12.2. The van der Waals surface area contributed by atoms with Gasteiger partial charge in [-0.15, -0.1) is 0 Å². The van der Waals surface area contributed by atoms with Crippen molar-refractivity contribution in [2.75, 3.05) is 0 Å². The Kier molecular flexibility index (Phi) is 3.54. The summed E-state index contributed by atoms with van der Waals surface area (Å²) < 4.78 is 13.6. The number of aromatic nitrogens is 1. The standard InChI is InChI=1S/C13H11BrFNO/c1-8-5-6-9(7-16-8)13(17)10-3-2-4-11(15)12(10)14/h2-7,13,17H,1H3. The molecule has 1 aromatic heterocycles. The molecule has 1 aromatic carbocycles. The molecule has 1 atom stereocenters. The molecule has 0 saturated heterocycles. The lowest BCUT2D eigenvalue weighted by Gasteiger charge is -2.13. The minimum atomic E-state index is -0.881. The monoisotopic (exact) mass is 295 g/mol. The minimum absolute atomic E-state index is 0.285. The molecule has 2 aromatic rings. The molecule has 0 saturated carbocycles. The molecule has 88 valence electrons. The number of hydrogen-bond acceptors (Lipinski definition) is 2. The number of benzene rings is 1. The van der Waals surface area contributed by atoms with E-state index >= 15 is 0 Å². The highest BCUT2D eigenvalue weighted by Crippen LogP contribution is 2.29. The van der Waals surface area contributed by atoms with Crippen LogP contribution in [-0.2, 0) is 0 Å². The van der Waals surface area contributed by atoms with Crippen LogP contribution in [0.4, 0.5) is 4.39 Å². The first-order valence-electron chi connectivity index (χ1n) is 5.14. The third kappa shape index (κ3) is 2.53. The van der Waals surface area contributed by atoms with Gasteiger partial charge in [-0.2, -0.15) is 0 Å². The smallest absolute Gasteiger partial charge is 0.137 e. The second-order valence-electron chi connectivity index (χ2n) is 3.78. The topological polar surface area (TPSA) is 33.1 Å². The molecule has 0 aliphatic heterocycles. The van der Waals surface area contributed by atoms with Crippen molar-refractivity contribution in [2.45, 2.75) is 13.0 Å². The van der Waals surface area contributed by atoms with E-state index in [1.54, 1.807) is 24.4 Å². The lowest BCUT2D eigenvalue weighted by molar-refractivity contribution is 0.218. The van der Waals surface area contributed by atoms with Gasteiger partial charge < -0.3 is 5.11 Å². The summed E-state index contributed by atoms with van der Waals surface area (Å²) in [7, 11) is 0. The number of hydrogen-bond donors (Lipinski definition) is 1. The van der Waals surface area contributed by atoms with Crippen molar-refractivity contribution in [1.29, 1.82) is 0 Å². The van der Waals surface area contributed by atoms with E-state index in [0.717, 1.165) is 5.69 Å². The maximum absolute atomic E-state index is 13.3. The quantitative estimate of drug-likeness (QED) is 0.921. The Hall–Kier alpha value is -1.26. The Morgan fingerprint density at radius 1 is 1.29 bits per heavy atom. The summed E-state index contributed by atoms with van der Waals surface area (Å²) in [4.78, 5) is 4.11. The molecule has 1 N–H and O–H groups in total. The molecular weight excluding hydrogens is 285 g/mol. The molecule has 0 amide bonds. The van der Waals surface area contributed by atoms with Gasteiger partial charge >= 0.3 is 0 Å². The van der Waals surface area contributed by atoms with Crippen molar-refractivity contribution in [3.63, 3.8) is 0 Å². The zero-order valence-corrected chi connectivity index (χ0v) is 10.8. The fourth-order valence-corrected chi connectivity index (χ4v) is 2.03. The van der Waals surface area contributed by atoms with Crippen LogP contribution < -0.4 is 0 Å². The van der Waals surface area contributed by atoms with Crippen molar-refractivity contribution in [3.8, 4) is 0 Å². The molecule has 0 spiro atoms. The van der Waals surface area contributed by atoms with Crippen LogP contribution in [0.3, 0.4) is 0 Å². The highest BCUT2D eigenvalue weighted by Gasteiger charge is 2.15. The largest absolute Gasteiger partial charge is 0.384 e. The van der Waals surface area contributed by atoms with Gasteiger partial charge in [0.1, 0.15) is 11.9 Å². The number of aliphatic hydroxyl groups is 1. The molecule has 0 bridgehead atoms. The average molecular weight is 296 g/mol. The van der Waals surface area contributed by atoms with E-state index < -0.39 is 6.10 Å². The summed E-state index contributed by atoms with van der Waals surface area (Å²) in [5, 5.41) is 10.2. The molecule has 0 aliphatic carbocycles. The molecule has 1 unspecified atom stereocenters. The summed E-state index contributed by atoms with van der Waals surface area (Å²) in [6, 6.07) is 8.18. The van der Waals surface area contributed by atoms with Gasteiger partial charge in [-0.1, -0.05) is 18.2 Å². The second kappa shape index (κ2) is 4.94. The van der Waals surface area contributed by atoms with Crippen molar-refractivity contribution < 1.29 is 9.50 Å². The van der Waals surface area contributed by atoms with Gasteiger partial charge in [0, 0.05) is 23.0 Å². The lowest BCUT2D eigenvalue weighted by Crippen LogP contribution is -2.02. The molecule has 0 radical (unpaired) electrons. The van der Waals surface area contributed by atoms with Crippen LogP contribution in [0, 0.1) is 12.7 Å². The predicted molar refractivity (Wildman–Crippen MR) is 67.1 cm³/mol. The Morgan fingerprint density at radius 3 is 2.71 bits per heavy atom. The van der Waals surface area contributed by atoms with Crippen LogP contribution in [0.1, 0.15) is 22.9 Å². The maximum Gasteiger partial charge on any atom is 0.137 e. The van der Waals surface area contributed by atoms with Gasteiger partial charge in [0.25, 0.3) is 0 Å².